The summed E-state index contributed by atoms with van der Waals surface area (Å²) in [5.41, 5.74) is 2.19. The summed E-state index contributed by atoms with van der Waals surface area (Å²) in [5.74, 6) is -0.495. The maximum atomic E-state index is 14.0. The molecule has 6 heteroatoms. The summed E-state index contributed by atoms with van der Waals surface area (Å²) in [7, 11) is 1.51. The number of carbonyl (C=O) groups is 1. The SMILES string of the molecule is CO[C@@H](c1ccccc1F)[C@H](C)NC(=O)Cc1ccc2cn[nH]c2c1. The Hall–Kier alpha value is -2.73. The van der Waals surface area contributed by atoms with E-state index in [1.165, 1.54) is 13.2 Å². The number of nitrogens with one attached hydrogen (secondary N) is 2. The highest BCUT2D eigenvalue weighted by molar-refractivity contribution is 5.82. The lowest BCUT2D eigenvalue weighted by Crippen LogP contribution is -2.38. The molecule has 2 atom stereocenters. The second kappa shape index (κ2) is 7.44. The van der Waals surface area contributed by atoms with Gasteiger partial charge >= 0.3 is 0 Å². The van der Waals surface area contributed by atoms with Gasteiger partial charge in [0, 0.05) is 18.1 Å². The minimum absolute atomic E-state index is 0.148. The maximum Gasteiger partial charge on any atom is 0.224 e. The normalized spacial score (nSPS) is 13.6. The summed E-state index contributed by atoms with van der Waals surface area (Å²) in [5, 5.41) is 10.7. The van der Waals surface area contributed by atoms with Gasteiger partial charge in [0.2, 0.25) is 5.91 Å². The molecule has 2 N–H and O–H groups in total. The van der Waals surface area contributed by atoms with Crippen molar-refractivity contribution < 1.29 is 13.9 Å². The van der Waals surface area contributed by atoms with Crippen molar-refractivity contribution in [1.82, 2.24) is 15.5 Å². The number of H-pyrrole nitrogens is 1. The van der Waals surface area contributed by atoms with Crippen molar-refractivity contribution in [3.8, 4) is 0 Å². The lowest BCUT2D eigenvalue weighted by molar-refractivity contribution is -0.122. The molecule has 5 nitrogen and oxygen atoms in total. The fourth-order valence-corrected chi connectivity index (χ4v) is 2.97. The summed E-state index contributed by atoms with van der Waals surface area (Å²) in [6, 6.07) is 11.8. The maximum absolute atomic E-state index is 14.0. The lowest BCUT2D eigenvalue weighted by Gasteiger charge is -2.24. The molecule has 0 saturated heterocycles. The average molecular weight is 341 g/mol. The fourth-order valence-electron chi connectivity index (χ4n) is 2.97. The monoisotopic (exact) mass is 341 g/mol. The first kappa shape index (κ1) is 17.1. The molecular weight excluding hydrogens is 321 g/mol. The Labute approximate surface area is 145 Å². The van der Waals surface area contributed by atoms with Gasteiger partial charge in [0.15, 0.2) is 0 Å². The number of nitrogens with zero attached hydrogens (tertiary/aromatic N) is 1. The largest absolute Gasteiger partial charge is 0.375 e. The molecule has 0 aliphatic heterocycles. The molecule has 130 valence electrons. The number of halogens is 1. The number of ether oxygens (including phenoxy) is 1. The molecule has 0 unspecified atom stereocenters. The minimum atomic E-state index is -0.555. The van der Waals surface area contributed by atoms with Gasteiger partial charge in [-0.1, -0.05) is 30.3 Å². The molecule has 3 aromatic rings. The highest BCUT2D eigenvalue weighted by atomic mass is 19.1. The second-order valence-electron chi connectivity index (χ2n) is 6.00. The van der Waals surface area contributed by atoms with Gasteiger partial charge in [-0.3, -0.25) is 9.89 Å². The molecule has 1 heterocycles. The molecule has 0 aliphatic carbocycles. The van der Waals surface area contributed by atoms with Crippen LogP contribution in [0.2, 0.25) is 0 Å². The molecule has 2 aromatic carbocycles. The molecule has 0 aliphatic rings. The molecule has 0 saturated carbocycles. The van der Waals surface area contributed by atoms with Gasteiger partial charge in [-0.05, 0) is 24.6 Å². The van der Waals surface area contributed by atoms with Crippen molar-refractivity contribution >= 4 is 16.8 Å². The van der Waals surface area contributed by atoms with Gasteiger partial charge in [-0.25, -0.2) is 4.39 Å². The van der Waals surface area contributed by atoms with Gasteiger partial charge in [0.1, 0.15) is 11.9 Å². The highest BCUT2D eigenvalue weighted by Gasteiger charge is 2.23. The Morgan fingerprint density at radius 3 is 2.88 bits per heavy atom. The van der Waals surface area contributed by atoms with E-state index in [-0.39, 0.29) is 24.2 Å². The van der Waals surface area contributed by atoms with Crippen molar-refractivity contribution in [2.45, 2.75) is 25.5 Å². The van der Waals surface area contributed by atoms with E-state index in [1.54, 1.807) is 31.3 Å². The van der Waals surface area contributed by atoms with E-state index < -0.39 is 6.10 Å². The highest BCUT2D eigenvalue weighted by Crippen LogP contribution is 2.23. The standard InChI is InChI=1S/C19H20FN3O2/c1-12(19(25-2)15-5-3-4-6-16(15)20)22-18(24)10-13-7-8-14-11-21-23-17(14)9-13/h3-9,11-12,19H,10H2,1-2H3,(H,21,23)(H,22,24)/t12-,19+/m0/s1. The molecule has 1 aromatic heterocycles. The van der Waals surface area contributed by atoms with E-state index >= 15 is 0 Å². The van der Waals surface area contributed by atoms with Crippen molar-refractivity contribution in [2.75, 3.05) is 7.11 Å². The number of hydrogen-bond donors (Lipinski definition) is 2. The Balaban J connectivity index is 1.67. The summed E-state index contributed by atoms with van der Waals surface area (Å²) >= 11 is 0. The summed E-state index contributed by atoms with van der Waals surface area (Å²) in [6.45, 7) is 1.80. The van der Waals surface area contributed by atoms with Gasteiger partial charge in [-0.15, -0.1) is 0 Å². The van der Waals surface area contributed by atoms with Crippen molar-refractivity contribution in [3.63, 3.8) is 0 Å². The first-order valence-corrected chi connectivity index (χ1v) is 8.07. The van der Waals surface area contributed by atoms with E-state index in [0.717, 1.165) is 16.5 Å². The topological polar surface area (TPSA) is 67.0 Å². The first-order valence-electron chi connectivity index (χ1n) is 8.07. The number of aromatic nitrogens is 2. The number of benzene rings is 2. The van der Waals surface area contributed by atoms with Gasteiger partial charge < -0.3 is 10.1 Å². The third-order valence-corrected chi connectivity index (χ3v) is 4.18. The fraction of sp³-hybridized carbons (Fsp3) is 0.263. The molecule has 0 bridgehead atoms. The van der Waals surface area contributed by atoms with Crippen LogP contribution in [0.5, 0.6) is 0 Å². The number of methoxy groups -OCH3 is 1. The molecule has 1 amide bonds. The first-order chi connectivity index (χ1) is 12.1. The predicted molar refractivity (Wildman–Crippen MR) is 93.6 cm³/mol. The van der Waals surface area contributed by atoms with Gasteiger partial charge in [0.25, 0.3) is 0 Å². The quantitative estimate of drug-likeness (QED) is 0.724. The number of carbonyl (C=O) groups excluding carboxylic acids is 1. The third kappa shape index (κ3) is 3.85. The minimum Gasteiger partial charge on any atom is -0.375 e. The molecule has 0 radical (unpaired) electrons. The number of rotatable bonds is 6. The van der Waals surface area contributed by atoms with E-state index in [0.29, 0.717) is 5.56 Å². The van der Waals surface area contributed by atoms with Crippen molar-refractivity contribution in [2.24, 2.45) is 0 Å². The van der Waals surface area contributed by atoms with Crippen LogP contribution in [0.25, 0.3) is 10.9 Å². The number of hydrogen-bond acceptors (Lipinski definition) is 3. The van der Waals surface area contributed by atoms with Crippen LogP contribution in [-0.4, -0.2) is 29.3 Å². The Morgan fingerprint density at radius 1 is 1.32 bits per heavy atom. The van der Waals surface area contributed by atoms with Crippen LogP contribution in [0.1, 0.15) is 24.2 Å². The van der Waals surface area contributed by atoms with Crippen LogP contribution in [0.3, 0.4) is 0 Å². The zero-order chi connectivity index (χ0) is 17.8. The summed E-state index contributed by atoms with van der Waals surface area (Å²) in [6.07, 6.45) is 1.41. The lowest BCUT2D eigenvalue weighted by atomic mass is 10.0. The zero-order valence-corrected chi connectivity index (χ0v) is 14.1. The van der Waals surface area contributed by atoms with E-state index in [9.17, 15) is 9.18 Å². The molecular formula is C19H20FN3O2. The molecule has 3 rings (SSSR count). The Morgan fingerprint density at radius 2 is 2.12 bits per heavy atom. The van der Waals surface area contributed by atoms with Crippen LogP contribution in [0.15, 0.2) is 48.7 Å². The zero-order valence-electron chi connectivity index (χ0n) is 14.1. The molecule has 0 spiro atoms. The smallest absolute Gasteiger partial charge is 0.224 e. The Kier molecular flexibility index (Phi) is 5.09. The number of fused-ring (bicyclic) bond motifs is 1. The van der Waals surface area contributed by atoms with Crippen LogP contribution >= 0.6 is 0 Å². The van der Waals surface area contributed by atoms with Gasteiger partial charge in [0.05, 0.1) is 24.2 Å². The van der Waals surface area contributed by atoms with Crippen LogP contribution < -0.4 is 5.32 Å². The van der Waals surface area contributed by atoms with Gasteiger partial charge in [-0.2, -0.15) is 5.10 Å². The van der Waals surface area contributed by atoms with E-state index in [1.807, 2.05) is 18.2 Å². The summed E-state index contributed by atoms with van der Waals surface area (Å²) in [4.78, 5) is 12.3. The summed E-state index contributed by atoms with van der Waals surface area (Å²) < 4.78 is 19.4. The number of aromatic amines is 1. The van der Waals surface area contributed by atoms with E-state index in [4.69, 9.17) is 4.74 Å². The average Bonchev–Trinajstić information content (AvgIpc) is 3.04. The van der Waals surface area contributed by atoms with E-state index in [2.05, 4.69) is 15.5 Å². The van der Waals surface area contributed by atoms with Crippen molar-refractivity contribution in [3.05, 3.63) is 65.6 Å². The molecule has 0 fully saturated rings. The van der Waals surface area contributed by atoms with Crippen LogP contribution in [0, 0.1) is 5.82 Å². The molecule has 25 heavy (non-hydrogen) atoms. The predicted octanol–water partition coefficient (Wildman–Crippen LogP) is 3.14. The third-order valence-electron chi connectivity index (χ3n) is 4.18. The van der Waals surface area contributed by atoms with Crippen LogP contribution in [-0.2, 0) is 16.0 Å². The second-order valence-corrected chi connectivity index (χ2v) is 6.00. The van der Waals surface area contributed by atoms with Crippen molar-refractivity contribution in [1.29, 1.82) is 0 Å². The van der Waals surface area contributed by atoms with Crippen LogP contribution in [0.4, 0.5) is 4.39 Å². The Bertz CT molecular complexity index is 878. The number of amides is 1.